The van der Waals surface area contributed by atoms with Gasteiger partial charge in [0.15, 0.2) is 5.11 Å². The third-order valence-corrected chi connectivity index (χ3v) is 3.41. The van der Waals surface area contributed by atoms with Crippen LogP contribution in [0.3, 0.4) is 0 Å². The lowest BCUT2D eigenvalue weighted by Gasteiger charge is -2.11. The predicted molar refractivity (Wildman–Crippen MR) is 76.0 cm³/mol. The van der Waals surface area contributed by atoms with Crippen molar-refractivity contribution in [1.29, 1.82) is 0 Å². The van der Waals surface area contributed by atoms with E-state index in [1.807, 2.05) is 25.1 Å². The van der Waals surface area contributed by atoms with Gasteiger partial charge in [0.05, 0.1) is 6.26 Å². The van der Waals surface area contributed by atoms with Crippen molar-refractivity contribution in [3.63, 3.8) is 0 Å². The Labute approximate surface area is 116 Å². The smallest absolute Gasteiger partial charge is 0.276 e. The van der Waals surface area contributed by atoms with E-state index in [1.54, 1.807) is 17.2 Å². The second-order valence-corrected chi connectivity index (χ2v) is 5.18. The molecule has 0 spiro atoms. The number of hydrogen-bond donors (Lipinski definition) is 1. The van der Waals surface area contributed by atoms with E-state index in [1.165, 1.54) is 0 Å². The average Bonchev–Trinajstić information content (AvgIpc) is 2.98. The van der Waals surface area contributed by atoms with Crippen molar-refractivity contribution in [2.24, 2.45) is 0 Å². The highest BCUT2D eigenvalue weighted by molar-refractivity contribution is 7.80. The lowest BCUT2D eigenvalue weighted by molar-refractivity contribution is -0.122. The summed E-state index contributed by atoms with van der Waals surface area (Å²) in [6, 6.07) is 4.00. The van der Waals surface area contributed by atoms with Crippen LogP contribution in [0.2, 0.25) is 0 Å². The first-order valence-corrected chi connectivity index (χ1v) is 6.64. The first-order valence-electron chi connectivity index (χ1n) is 6.23. The summed E-state index contributed by atoms with van der Waals surface area (Å²) in [6.07, 6.45) is 7.39. The molecule has 1 aromatic rings. The number of carbonyl (C=O) groups excluding carboxylic acids is 1. The van der Waals surface area contributed by atoms with Crippen LogP contribution in [-0.2, 0) is 4.79 Å². The van der Waals surface area contributed by atoms with Gasteiger partial charge in [-0.2, -0.15) is 0 Å². The number of allylic oxidation sites excluding steroid dienone is 2. The highest BCUT2D eigenvalue weighted by atomic mass is 32.1. The summed E-state index contributed by atoms with van der Waals surface area (Å²) < 4.78 is 5.24. The molecule has 1 aliphatic heterocycles. The number of nitrogens with zero attached hydrogens (tertiary/aromatic N) is 1. The summed E-state index contributed by atoms with van der Waals surface area (Å²) in [4.78, 5) is 13.9. The maximum Gasteiger partial charge on any atom is 0.276 e. The average molecular weight is 274 g/mol. The topological polar surface area (TPSA) is 45.5 Å². The standard InChI is InChI=1S/C14H14N2O2S/c1-9(7-11-3-2-6-18-11)8-12-13(17)16(10-4-5-10)14(19)15-12/h2-3,6-8,10H,4-5H2,1H3,(H,15,19)/b9-7+,12-8+. The maximum absolute atomic E-state index is 12.2. The third-order valence-electron chi connectivity index (χ3n) is 3.11. The summed E-state index contributed by atoms with van der Waals surface area (Å²) in [5.41, 5.74) is 1.48. The van der Waals surface area contributed by atoms with Crippen molar-refractivity contribution in [1.82, 2.24) is 10.2 Å². The number of rotatable bonds is 3. The van der Waals surface area contributed by atoms with E-state index >= 15 is 0 Å². The molecule has 1 aromatic heterocycles. The van der Waals surface area contributed by atoms with E-state index in [0.717, 1.165) is 24.2 Å². The third kappa shape index (κ3) is 2.46. The molecule has 0 bridgehead atoms. The van der Waals surface area contributed by atoms with E-state index < -0.39 is 0 Å². The van der Waals surface area contributed by atoms with Gasteiger partial charge in [-0.1, -0.05) is 0 Å². The Morgan fingerprint density at radius 3 is 3.00 bits per heavy atom. The van der Waals surface area contributed by atoms with E-state index in [4.69, 9.17) is 16.6 Å². The van der Waals surface area contributed by atoms with Crippen LogP contribution >= 0.6 is 12.2 Å². The lowest BCUT2D eigenvalue weighted by Crippen LogP contribution is -2.32. The Morgan fingerprint density at radius 1 is 1.58 bits per heavy atom. The molecule has 0 unspecified atom stereocenters. The van der Waals surface area contributed by atoms with Crippen molar-refractivity contribution in [2.45, 2.75) is 25.8 Å². The molecule has 1 saturated heterocycles. The second-order valence-electron chi connectivity index (χ2n) is 4.80. The normalized spacial score (nSPS) is 22.3. The summed E-state index contributed by atoms with van der Waals surface area (Å²) in [6.45, 7) is 1.92. The van der Waals surface area contributed by atoms with Gasteiger partial charge in [-0.25, -0.2) is 0 Å². The van der Waals surface area contributed by atoms with Crippen LogP contribution in [0.1, 0.15) is 25.5 Å². The fourth-order valence-corrected chi connectivity index (χ4v) is 2.42. The highest BCUT2D eigenvalue weighted by Gasteiger charge is 2.41. The summed E-state index contributed by atoms with van der Waals surface area (Å²) in [7, 11) is 0. The molecule has 0 radical (unpaired) electrons. The van der Waals surface area contributed by atoms with E-state index in [2.05, 4.69) is 5.32 Å². The van der Waals surface area contributed by atoms with Gasteiger partial charge in [0.1, 0.15) is 11.5 Å². The van der Waals surface area contributed by atoms with Crippen LogP contribution in [0.25, 0.3) is 6.08 Å². The first-order chi connectivity index (χ1) is 9.15. The van der Waals surface area contributed by atoms with Gasteiger partial charge in [-0.3, -0.25) is 9.69 Å². The fourth-order valence-electron chi connectivity index (χ4n) is 2.08. The van der Waals surface area contributed by atoms with Crippen molar-refractivity contribution in [3.05, 3.63) is 41.5 Å². The molecule has 4 nitrogen and oxygen atoms in total. The molecule has 98 valence electrons. The van der Waals surface area contributed by atoms with Crippen LogP contribution in [0.4, 0.5) is 0 Å². The zero-order valence-electron chi connectivity index (χ0n) is 10.6. The van der Waals surface area contributed by atoms with Crippen molar-refractivity contribution in [3.8, 4) is 0 Å². The van der Waals surface area contributed by atoms with Crippen molar-refractivity contribution < 1.29 is 9.21 Å². The molecule has 0 atom stereocenters. The number of amides is 1. The minimum absolute atomic E-state index is 0.0281. The van der Waals surface area contributed by atoms with Gasteiger partial charge in [0.25, 0.3) is 5.91 Å². The van der Waals surface area contributed by atoms with Crippen LogP contribution in [0.15, 0.2) is 40.2 Å². The van der Waals surface area contributed by atoms with Gasteiger partial charge >= 0.3 is 0 Å². The number of carbonyl (C=O) groups is 1. The quantitative estimate of drug-likeness (QED) is 0.679. The van der Waals surface area contributed by atoms with Crippen LogP contribution < -0.4 is 5.32 Å². The van der Waals surface area contributed by atoms with E-state index in [9.17, 15) is 4.79 Å². The van der Waals surface area contributed by atoms with Gasteiger partial charge in [0, 0.05) is 6.04 Å². The summed E-state index contributed by atoms with van der Waals surface area (Å²) in [5, 5.41) is 3.50. The molecule has 0 aromatic carbocycles. The number of thiocarbonyl (C=S) groups is 1. The summed E-state index contributed by atoms with van der Waals surface area (Å²) in [5.74, 6) is 0.737. The molecular formula is C14H14N2O2S. The molecule has 1 N–H and O–H groups in total. The lowest BCUT2D eigenvalue weighted by atomic mass is 10.2. The Bertz CT molecular complexity index is 583. The van der Waals surface area contributed by atoms with Crippen LogP contribution in [0.5, 0.6) is 0 Å². The molecule has 5 heteroatoms. The van der Waals surface area contributed by atoms with Crippen molar-refractivity contribution >= 4 is 29.3 Å². The van der Waals surface area contributed by atoms with Crippen LogP contribution in [-0.4, -0.2) is 22.0 Å². The Morgan fingerprint density at radius 2 is 2.37 bits per heavy atom. The molecule has 19 heavy (non-hydrogen) atoms. The van der Waals surface area contributed by atoms with Gasteiger partial charge < -0.3 is 9.73 Å². The molecule has 2 aliphatic rings. The van der Waals surface area contributed by atoms with Crippen LogP contribution in [0, 0.1) is 0 Å². The Balaban J connectivity index is 1.80. The SMILES string of the molecule is CC(=C\c1ccco1)/C=C1/NC(=S)N(C2CC2)C1=O. The molecule has 1 aliphatic carbocycles. The second kappa shape index (κ2) is 4.66. The number of furan rings is 1. The first kappa shape index (κ1) is 12.2. The highest BCUT2D eigenvalue weighted by Crippen LogP contribution is 2.30. The minimum atomic E-state index is -0.0281. The maximum atomic E-state index is 12.2. The number of hydrogen-bond acceptors (Lipinski definition) is 3. The number of nitrogens with one attached hydrogen (secondary N) is 1. The molecule has 1 saturated carbocycles. The molecular weight excluding hydrogens is 260 g/mol. The predicted octanol–water partition coefficient (Wildman–Crippen LogP) is 2.45. The Hall–Kier alpha value is -1.88. The monoisotopic (exact) mass is 274 g/mol. The molecule has 2 fully saturated rings. The van der Waals surface area contributed by atoms with Crippen molar-refractivity contribution in [2.75, 3.05) is 0 Å². The van der Waals surface area contributed by atoms with Gasteiger partial charge in [0.2, 0.25) is 0 Å². The zero-order chi connectivity index (χ0) is 13.4. The zero-order valence-corrected chi connectivity index (χ0v) is 11.4. The molecule has 1 amide bonds. The Kier molecular flexibility index (Phi) is 2.98. The molecule has 2 heterocycles. The van der Waals surface area contributed by atoms with Gasteiger partial charge in [-0.15, -0.1) is 0 Å². The largest absolute Gasteiger partial charge is 0.465 e. The van der Waals surface area contributed by atoms with E-state index in [-0.39, 0.29) is 5.91 Å². The van der Waals surface area contributed by atoms with Gasteiger partial charge in [-0.05, 0) is 61.8 Å². The molecule has 3 rings (SSSR count). The van der Waals surface area contributed by atoms with E-state index in [0.29, 0.717) is 16.9 Å². The summed E-state index contributed by atoms with van der Waals surface area (Å²) >= 11 is 5.19. The fraction of sp³-hybridized carbons (Fsp3) is 0.286. The minimum Gasteiger partial charge on any atom is -0.465 e.